The fourth-order valence-electron chi connectivity index (χ4n) is 2.90. The van der Waals surface area contributed by atoms with Crippen molar-refractivity contribution in [3.8, 4) is 0 Å². The minimum Gasteiger partial charge on any atom is -0.326 e. The SMILES string of the molecule is CSCCC(NC(=O)N1CC(=O)Nc2ccccc21)C(=O)Nc1ccccc1. The summed E-state index contributed by atoms with van der Waals surface area (Å²) in [5.41, 5.74) is 1.84. The molecule has 4 amide bonds. The first-order valence-electron chi connectivity index (χ1n) is 8.90. The molecule has 7 nitrogen and oxygen atoms in total. The Labute approximate surface area is 167 Å². The highest BCUT2D eigenvalue weighted by atomic mass is 32.2. The topological polar surface area (TPSA) is 90.5 Å². The van der Waals surface area contributed by atoms with Crippen LogP contribution in [-0.2, 0) is 9.59 Å². The zero-order valence-corrected chi connectivity index (χ0v) is 16.3. The molecule has 1 aliphatic heterocycles. The Bertz CT molecular complexity index is 860. The third-order valence-electron chi connectivity index (χ3n) is 4.28. The molecule has 1 atom stereocenters. The van der Waals surface area contributed by atoms with Crippen molar-refractivity contribution in [3.63, 3.8) is 0 Å². The van der Waals surface area contributed by atoms with Crippen LogP contribution in [0.25, 0.3) is 0 Å². The molecule has 28 heavy (non-hydrogen) atoms. The van der Waals surface area contributed by atoms with Gasteiger partial charge < -0.3 is 16.0 Å². The molecule has 3 N–H and O–H groups in total. The van der Waals surface area contributed by atoms with Gasteiger partial charge in [-0.2, -0.15) is 11.8 Å². The number of carbonyl (C=O) groups excluding carboxylic acids is 3. The predicted molar refractivity (Wildman–Crippen MR) is 113 cm³/mol. The highest BCUT2D eigenvalue weighted by Crippen LogP contribution is 2.28. The van der Waals surface area contributed by atoms with Gasteiger partial charge >= 0.3 is 6.03 Å². The van der Waals surface area contributed by atoms with E-state index in [1.807, 2.05) is 24.5 Å². The van der Waals surface area contributed by atoms with Crippen molar-refractivity contribution in [3.05, 3.63) is 54.6 Å². The zero-order chi connectivity index (χ0) is 19.9. The smallest absolute Gasteiger partial charge is 0.323 e. The van der Waals surface area contributed by atoms with Gasteiger partial charge in [0.1, 0.15) is 12.6 Å². The summed E-state index contributed by atoms with van der Waals surface area (Å²) in [4.78, 5) is 38.9. The van der Waals surface area contributed by atoms with E-state index in [4.69, 9.17) is 0 Å². The third kappa shape index (κ3) is 4.83. The summed E-state index contributed by atoms with van der Waals surface area (Å²) in [7, 11) is 0. The second kappa shape index (κ2) is 9.27. The van der Waals surface area contributed by atoms with Gasteiger partial charge in [-0.3, -0.25) is 14.5 Å². The maximum atomic E-state index is 12.9. The van der Waals surface area contributed by atoms with Crippen LogP contribution in [0.2, 0.25) is 0 Å². The normalized spacial score (nSPS) is 13.9. The van der Waals surface area contributed by atoms with E-state index >= 15 is 0 Å². The number of hydrogen-bond acceptors (Lipinski definition) is 4. The van der Waals surface area contributed by atoms with Gasteiger partial charge in [0.2, 0.25) is 11.8 Å². The van der Waals surface area contributed by atoms with E-state index in [2.05, 4.69) is 16.0 Å². The maximum absolute atomic E-state index is 12.9. The monoisotopic (exact) mass is 398 g/mol. The molecular weight excluding hydrogens is 376 g/mol. The summed E-state index contributed by atoms with van der Waals surface area (Å²) in [6.45, 7) is -0.0988. The fraction of sp³-hybridized carbons (Fsp3) is 0.250. The van der Waals surface area contributed by atoms with Crippen molar-refractivity contribution in [1.82, 2.24) is 5.32 Å². The molecule has 0 spiro atoms. The van der Waals surface area contributed by atoms with Crippen LogP contribution < -0.4 is 20.9 Å². The number of benzene rings is 2. The predicted octanol–water partition coefficient (Wildman–Crippen LogP) is 2.92. The highest BCUT2D eigenvalue weighted by Gasteiger charge is 2.29. The first-order chi connectivity index (χ1) is 13.6. The molecule has 0 bridgehead atoms. The Hall–Kier alpha value is -3.00. The number of anilines is 3. The molecule has 0 fully saturated rings. The molecule has 0 aliphatic carbocycles. The van der Waals surface area contributed by atoms with Crippen LogP contribution in [0, 0.1) is 0 Å². The van der Waals surface area contributed by atoms with Gasteiger partial charge in [0.25, 0.3) is 0 Å². The van der Waals surface area contributed by atoms with E-state index in [-0.39, 0.29) is 18.4 Å². The summed E-state index contributed by atoms with van der Waals surface area (Å²) in [5.74, 6) is 0.149. The van der Waals surface area contributed by atoms with Crippen LogP contribution in [0.4, 0.5) is 21.9 Å². The number of urea groups is 1. The average molecular weight is 398 g/mol. The molecule has 0 saturated carbocycles. The van der Waals surface area contributed by atoms with E-state index in [0.717, 1.165) is 0 Å². The lowest BCUT2D eigenvalue weighted by Gasteiger charge is -2.30. The molecule has 3 rings (SSSR count). The highest BCUT2D eigenvalue weighted by molar-refractivity contribution is 7.98. The van der Waals surface area contributed by atoms with Crippen molar-refractivity contribution in [1.29, 1.82) is 0 Å². The van der Waals surface area contributed by atoms with E-state index in [1.165, 1.54) is 4.90 Å². The maximum Gasteiger partial charge on any atom is 0.323 e. The molecule has 146 valence electrons. The Morgan fingerprint density at radius 1 is 1.14 bits per heavy atom. The van der Waals surface area contributed by atoms with Crippen LogP contribution in [0.3, 0.4) is 0 Å². The second-order valence-corrected chi connectivity index (χ2v) is 7.28. The minimum atomic E-state index is -0.711. The second-order valence-electron chi connectivity index (χ2n) is 6.29. The molecule has 2 aromatic rings. The third-order valence-corrected chi connectivity index (χ3v) is 4.93. The van der Waals surface area contributed by atoms with Crippen LogP contribution in [-0.4, -0.2) is 42.4 Å². The zero-order valence-electron chi connectivity index (χ0n) is 15.5. The Morgan fingerprint density at radius 3 is 2.61 bits per heavy atom. The van der Waals surface area contributed by atoms with Crippen molar-refractivity contribution in [2.45, 2.75) is 12.5 Å². The lowest BCUT2D eigenvalue weighted by molar-refractivity contribution is -0.118. The molecule has 1 aliphatic rings. The Kier molecular flexibility index (Phi) is 6.54. The standard InChI is InChI=1S/C20H22N4O3S/c1-28-12-11-16(19(26)21-14-7-3-2-4-8-14)23-20(27)24-13-18(25)22-15-9-5-6-10-17(15)24/h2-10,16H,11-13H2,1H3,(H,21,26)(H,22,25)(H,23,27). The Balaban J connectivity index is 1.74. The van der Waals surface area contributed by atoms with Crippen LogP contribution in [0.15, 0.2) is 54.6 Å². The lowest BCUT2D eigenvalue weighted by atomic mass is 10.2. The molecule has 2 aromatic carbocycles. The van der Waals surface area contributed by atoms with Crippen LogP contribution >= 0.6 is 11.8 Å². The lowest BCUT2D eigenvalue weighted by Crippen LogP contribution is -2.53. The van der Waals surface area contributed by atoms with Crippen molar-refractivity contribution in [2.75, 3.05) is 34.1 Å². The number of rotatable bonds is 6. The van der Waals surface area contributed by atoms with Crippen LogP contribution in [0.1, 0.15) is 6.42 Å². The Morgan fingerprint density at radius 2 is 1.86 bits per heavy atom. The van der Waals surface area contributed by atoms with E-state index in [9.17, 15) is 14.4 Å². The molecule has 0 saturated heterocycles. The summed E-state index contributed by atoms with van der Waals surface area (Å²) >= 11 is 1.60. The number of nitrogens with zero attached hydrogens (tertiary/aromatic N) is 1. The summed E-state index contributed by atoms with van der Waals surface area (Å²) < 4.78 is 0. The van der Waals surface area contributed by atoms with Crippen molar-refractivity contribution in [2.24, 2.45) is 0 Å². The first kappa shape index (κ1) is 19.8. The van der Waals surface area contributed by atoms with Gasteiger partial charge in [0.15, 0.2) is 0 Å². The molecule has 1 heterocycles. The van der Waals surface area contributed by atoms with Gasteiger partial charge in [-0.15, -0.1) is 0 Å². The summed E-state index contributed by atoms with van der Waals surface area (Å²) in [5, 5.41) is 8.36. The molecule has 8 heteroatoms. The number of para-hydroxylation sites is 3. The van der Waals surface area contributed by atoms with Gasteiger partial charge in [0, 0.05) is 5.69 Å². The van der Waals surface area contributed by atoms with E-state index in [0.29, 0.717) is 29.2 Å². The van der Waals surface area contributed by atoms with Crippen molar-refractivity contribution >= 4 is 46.7 Å². The molecular formula is C20H22N4O3S. The van der Waals surface area contributed by atoms with Gasteiger partial charge in [-0.05, 0) is 42.7 Å². The average Bonchev–Trinajstić information content (AvgIpc) is 2.70. The van der Waals surface area contributed by atoms with Gasteiger partial charge in [0.05, 0.1) is 11.4 Å². The van der Waals surface area contributed by atoms with E-state index < -0.39 is 12.1 Å². The molecule has 0 aromatic heterocycles. The number of carbonyl (C=O) groups is 3. The summed E-state index contributed by atoms with van der Waals surface area (Å²) in [6, 6.07) is 15.0. The number of amides is 4. The number of fused-ring (bicyclic) bond motifs is 1. The summed E-state index contributed by atoms with van der Waals surface area (Å²) in [6.07, 6.45) is 2.42. The fourth-order valence-corrected chi connectivity index (χ4v) is 3.37. The molecule has 1 unspecified atom stereocenters. The van der Waals surface area contributed by atoms with Gasteiger partial charge in [-0.25, -0.2) is 4.79 Å². The van der Waals surface area contributed by atoms with Crippen LogP contribution in [0.5, 0.6) is 0 Å². The van der Waals surface area contributed by atoms with E-state index in [1.54, 1.807) is 48.2 Å². The number of hydrogen-bond donors (Lipinski definition) is 3. The number of nitrogens with one attached hydrogen (secondary N) is 3. The largest absolute Gasteiger partial charge is 0.326 e. The van der Waals surface area contributed by atoms with Gasteiger partial charge in [-0.1, -0.05) is 30.3 Å². The quantitative estimate of drug-likeness (QED) is 0.698. The molecule has 0 radical (unpaired) electrons. The van der Waals surface area contributed by atoms with Crippen molar-refractivity contribution < 1.29 is 14.4 Å². The number of thioether (sulfide) groups is 1. The first-order valence-corrected chi connectivity index (χ1v) is 10.3. The minimum absolute atomic E-state index is 0.0988.